The fourth-order valence-corrected chi connectivity index (χ4v) is 4.09. The highest BCUT2D eigenvalue weighted by Gasteiger charge is 2.31. The Kier molecular flexibility index (Phi) is 5.88. The Morgan fingerprint density at radius 2 is 2.05 bits per heavy atom. The lowest BCUT2D eigenvalue weighted by atomic mass is 10.2. The zero-order valence-electron chi connectivity index (χ0n) is 11.3. The average molecular weight is 305 g/mol. The van der Waals surface area contributed by atoms with Gasteiger partial charge in [0.15, 0.2) is 0 Å². The molecular weight excluding hydrogens is 288 g/mol. The van der Waals surface area contributed by atoms with Crippen LogP contribution in [0, 0.1) is 5.82 Å². The van der Waals surface area contributed by atoms with Crippen LogP contribution in [0.15, 0.2) is 29.4 Å². The van der Waals surface area contributed by atoms with Crippen LogP contribution in [-0.4, -0.2) is 24.9 Å². The summed E-state index contributed by atoms with van der Waals surface area (Å²) in [7, 11) is 1.32. The van der Waals surface area contributed by atoms with Crippen molar-refractivity contribution < 1.29 is 18.3 Å². The Morgan fingerprint density at radius 1 is 1.42 bits per heavy atom. The van der Waals surface area contributed by atoms with Gasteiger partial charge in [-0.05, 0) is 23.5 Å². The van der Waals surface area contributed by atoms with Crippen molar-refractivity contribution in [1.29, 1.82) is 0 Å². The van der Waals surface area contributed by atoms with E-state index in [0.717, 1.165) is 11.4 Å². The van der Waals surface area contributed by atoms with E-state index in [0.29, 0.717) is 0 Å². The Labute approximate surface area is 116 Å². The van der Waals surface area contributed by atoms with Crippen molar-refractivity contribution in [3.63, 3.8) is 0 Å². The van der Waals surface area contributed by atoms with Crippen molar-refractivity contribution in [3.8, 4) is 0 Å². The number of benzene rings is 1. The number of oxime groups is 1. The maximum atomic E-state index is 13.7. The van der Waals surface area contributed by atoms with Crippen LogP contribution in [0.4, 0.5) is 4.39 Å². The summed E-state index contributed by atoms with van der Waals surface area (Å²) in [6, 6.07) is 5.98. The molecule has 0 bridgehead atoms. The van der Waals surface area contributed by atoms with Gasteiger partial charge in [0.1, 0.15) is 12.9 Å². The normalized spacial score (nSPS) is 15.2. The molecule has 1 rings (SSSR count). The number of halogens is 1. The smallest absolute Gasteiger partial charge is 0.306 e. The van der Waals surface area contributed by atoms with Gasteiger partial charge in [-0.3, -0.25) is 4.57 Å². The van der Waals surface area contributed by atoms with Crippen LogP contribution in [0.25, 0.3) is 0 Å². The number of rotatable bonds is 5. The van der Waals surface area contributed by atoms with Crippen LogP contribution < -0.4 is 0 Å². The molecule has 0 aliphatic heterocycles. The molecule has 0 aromatic heterocycles. The highest BCUT2D eigenvalue weighted by molar-refractivity contribution is 8.56. The first-order valence-electron chi connectivity index (χ1n) is 5.65. The molecule has 0 spiro atoms. The summed E-state index contributed by atoms with van der Waals surface area (Å²) in [6.45, 7) is 0.557. The number of hydrogen-bond acceptors (Lipinski definition) is 5. The molecule has 0 heterocycles. The van der Waals surface area contributed by atoms with E-state index in [1.54, 1.807) is 32.2 Å². The zero-order valence-corrected chi connectivity index (χ0v) is 13.0. The third-order valence-corrected chi connectivity index (χ3v) is 7.60. The summed E-state index contributed by atoms with van der Waals surface area (Å²) < 4.78 is 31.7. The molecule has 1 aromatic rings. The summed E-state index contributed by atoms with van der Waals surface area (Å²) in [5.74, 6) is -0.610. The van der Waals surface area contributed by atoms with Crippen molar-refractivity contribution in [1.82, 2.24) is 0 Å². The van der Waals surface area contributed by atoms with Crippen LogP contribution in [-0.2, 0) is 13.9 Å². The molecule has 19 heavy (non-hydrogen) atoms. The number of hydrogen-bond donors (Lipinski definition) is 0. The van der Waals surface area contributed by atoms with Crippen molar-refractivity contribution in [2.24, 2.45) is 5.16 Å². The molecule has 0 amide bonds. The fraction of sp³-hybridized carbons (Fsp3) is 0.417. The predicted octanol–water partition coefficient (Wildman–Crippen LogP) is 4.11. The Morgan fingerprint density at radius 3 is 2.53 bits per heavy atom. The summed E-state index contributed by atoms with van der Waals surface area (Å²) in [5, 5.41) is 3.64. The van der Waals surface area contributed by atoms with Gasteiger partial charge in [0, 0.05) is 0 Å². The molecule has 106 valence electrons. The second-order valence-corrected chi connectivity index (χ2v) is 9.25. The van der Waals surface area contributed by atoms with Gasteiger partial charge in [-0.1, -0.05) is 37.4 Å². The van der Waals surface area contributed by atoms with E-state index in [1.807, 2.05) is 0 Å². The second kappa shape index (κ2) is 6.96. The molecule has 7 heteroatoms. The van der Waals surface area contributed by atoms with Crippen LogP contribution >= 0.6 is 18.0 Å². The quantitative estimate of drug-likeness (QED) is 0.355. The van der Waals surface area contributed by atoms with Gasteiger partial charge in [0.25, 0.3) is 5.90 Å². The minimum Gasteiger partial charge on any atom is -0.414 e. The lowest BCUT2D eigenvalue weighted by molar-refractivity contribution is 0.206. The molecule has 0 saturated heterocycles. The molecule has 4 nitrogen and oxygen atoms in total. The van der Waals surface area contributed by atoms with Gasteiger partial charge in [0.05, 0.1) is 11.2 Å². The summed E-state index contributed by atoms with van der Waals surface area (Å²) >= 11 is 1.11. The third-order valence-electron chi connectivity index (χ3n) is 2.38. The SMILES string of the molecule is CON=C(OP(=O)(SC)C(C)C)c1ccccc1F. The molecule has 0 N–H and O–H groups in total. The predicted molar refractivity (Wildman–Crippen MR) is 77.3 cm³/mol. The van der Waals surface area contributed by atoms with Crippen molar-refractivity contribution in [3.05, 3.63) is 35.6 Å². The van der Waals surface area contributed by atoms with E-state index < -0.39 is 12.4 Å². The Bertz CT molecular complexity index is 508. The lowest BCUT2D eigenvalue weighted by Gasteiger charge is -2.21. The van der Waals surface area contributed by atoms with Gasteiger partial charge in [0.2, 0.25) is 0 Å². The van der Waals surface area contributed by atoms with Gasteiger partial charge in [-0.15, -0.1) is 0 Å². The fourth-order valence-electron chi connectivity index (χ4n) is 1.31. The van der Waals surface area contributed by atoms with E-state index in [-0.39, 0.29) is 17.1 Å². The van der Waals surface area contributed by atoms with Gasteiger partial charge >= 0.3 is 6.57 Å². The first kappa shape index (κ1) is 16.1. The molecule has 0 radical (unpaired) electrons. The first-order valence-corrected chi connectivity index (χ1v) is 9.18. The third kappa shape index (κ3) is 3.98. The molecular formula is C12H17FNO3PS. The second-order valence-electron chi connectivity index (χ2n) is 3.97. The summed E-state index contributed by atoms with van der Waals surface area (Å²) in [5.41, 5.74) is -0.0874. The molecule has 1 atom stereocenters. The van der Waals surface area contributed by atoms with E-state index in [4.69, 9.17) is 4.52 Å². The maximum Gasteiger partial charge on any atom is 0.306 e. The Balaban J connectivity index is 3.15. The minimum absolute atomic E-state index is 0.105. The summed E-state index contributed by atoms with van der Waals surface area (Å²) in [6.07, 6.45) is 1.69. The molecule has 0 aliphatic rings. The number of nitrogens with zero attached hydrogens (tertiary/aromatic N) is 1. The largest absolute Gasteiger partial charge is 0.414 e. The molecule has 0 aliphatic carbocycles. The minimum atomic E-state index is -3.00. The van der Waals surface area contributed by atoms with E-state index in [2.05, 4.69) is 9.99 Å². The lowest BCUT2D eigenvalue weighted by Crippen LogP contribution is -2.11. The maximum absolute atomic E-state index is 13.7. The monoisotopic (exact) mass is 305 g/mol. The molecule has 0 fully saturated rings. The molecule has 1 unspecified atom stereocenters. The van der Waals surface area contributed by atoms with Gasteiger partial charge in [-0.2, -0.15) is 0 Å². The molecule has 0 saturated carbocycles. The average Bonchev–Trinajstić information content (AvgIpc) is 2.38. The summed E-state index contributed by atoms with van der Waals surface area (Å²) in [4.78, 5) is 4.65. The van der Waals surface area contributed by atoms with Crippen molar-refractivity contribution >= 4 is 23.9 Å². The standard InChI is InChI=1S/C12H17FNO3PS/c1-9(2)18(15,19-4)17-12(14-16-3)10-7-5-6-8-11(10)13/h5-9H,1-4H3. The van der Waals surface area contributed by atoms with Crippen molar-refractivity contribution in [2.75, 3.05) is 13.4 Å². The van der Waals surface area contributed by atoms with Crippen LogP contribution in [0.2, 0.25) is 0 Å². The van der Waals surface area contributed by atoms with E-state index >= 15 is 0 Å². The first-order chi connectivity index (χ1) is 8.94. The van der Waals surface area contributed by atoms with Gasteiger partial charge < -0.3 is 9.36 Å². The van der Waals surface area contributed by atoms with Crippen LogP contribution in [0.1, 0.15) is 19.4 Å². The van der Waals surface area contributed by atoms with Crippen molar-refractivity contribution in [2.45, 2.75) is 19.5 Å². The zero-order chi connectivity index (χ0) is 14.5. The highest BCUT2D eigenvalue weighted by atomic mass is 32.7. The Hall–Kier alpha value is -1.00. The van der Waals surface area contributed by atoms with Crippen LogP contribution in [0.3, 0.4) is 0 Å². The van der Waals surface area contributed by atoms with Crippen LogP contribution in [0.5, 0.6) is 0 Å². The highest BCUT2D eigenvalue weighted by Crippen LogP contribution is 2.62. The van der Waals surface area contributed by atoms with E-state index in [1.165, 1.54) is 19.2 Å². The topological polar surface area (TPSA) is 47.9 Å². The van der Waals surface area contributed by atoms with Gasteiger partial charge in [-0.25, -0.2) is 4.39 Å². The van der Waals surface area contributed by atoms with E-state index in [9.17, 15) is 8.96 Å². The molecule has 1 aromatic carbocycles.